The van der Waals surface area contributed by atoms with Crippen LogP contribution < -0.4 is 5.32 Å². The van der Waals surface area contributed by atoms with E-state index in [0.29, 0.717) is 5.56 Å². The summed E-state index contributed by atoms with van der Waals surface area (Å²) in [7, 11) is 1.40. The van der Waals surface area contributed by atoms with E-state index in [-0.39, 0.29) is 5.97 Å². The predicted molar refractivity (Wildman–Crippen MR) is 71.4 cm³/mol. The van der Waals surface area contributed by atoms with E-state index in [0.717, 1.165) is 19.0 Å². The number of carbonyl (C=O) groups excluding carboxylic acids is 1. The van der Waals surface area contributed by atoms with Crippen LogP contribution in [-0.4, -0.2) is 19.6 Å². The Morgan fingerprint density at radius 3 is 2.67 bits per heavy atom. The summed E-state index contributed by atoms with van der Waals surface area (Å²) in [5.74, 6) is 0.741. The smallest absolute Gasteiger partial charge is 0.337 e. The Hall–Kier alpha value is -1.35. The molecule has 0 unspecified atom stereocenters. The Morgan fingerprint density at radius 2 is 2.06 bits per heavy atom. The topological polar surface area (TPSA) is 38.3 Å². The summed E-state index contributed by atoms with van der Waals surface area (Å²) < 4.78 is 4.66. The molecule has 1 aliphatic rings. The van der Waals surface area contributed by atoms with Gasteiger partial charge in [-0.25, -0.2) is 4.79 Å². The zero-order valence-corrected chi connectivity index (χ0v) is 10.9. The van der Waals surface area contributed by atoms with E-state index in [1.54, 1.807) is 0 Å². The van der Waals surface area contributed by atoms with Crippen molar-refractivity contribution in [2.45, 2.75) is 32.2 Å². The highest BCUT2D eigenvalue weighted by molar-refractivity contribution is 5.89. The molecule has 0 bridgehead atoms. The SMILES string of the molecule is COC(=O)c1ccc(CNCCCC2CC2)cc1. The fraction of sp³-hybridized carbons (Fsp3) is 0.533. The first kappa shape index (κ1) is 13.1. The third-order valence-corrected chi connectivity index (χ3v) is 3.37. The van der Waals surface area contributed by atoms with Crippen molar-refractivity contribution in [3.8, 4) is 0 Å². The minimum atomic E-state index is -0.279. The lowest BCUT2D eigenvalue weighted by Crippen LogP contribution is -2.14. The number of hydrogen-bond acceptors (Lipinski definition) is 3. The van der Waals surface area contributed by atoms with Gasteiger partial charge in [0.05, 0.1) is 12.7 Å². The summed E-state index contributed by atoms with van der Waals surface area (Å²) in [6, 6.07) is 7.57. The lowest BCUT2D eigenvalue weighted by Gasteiger charge is -2.05. The zero-order valence-electron chi connectivity index (χ0n) is 10.9. The van der Waals surface area contributed by atoms with Gasteiger partial charge in [-0.2, -0.15) is 0 Å². The van der Waals surface area contributed by atoms with Crippen LogP contribution in [0.3, 0.4) is 0 Å². The van der Waals surface area contributed by atoms with Crippen LogP contribution in [0, 0.1) is 5.92 Å². The summed E-state index contributed by atoms with van der Waals surface area (Å²) in [6.45, 7) is 1.95. The van der Waals surface area contributed by atoms with E-state index in [2.05, 4.69) is 10.1 Å². The van der Waals surface area contributed by atoms with E-state index in [1.165, 1.54) is 38.4 Å². The highest BCUT2D eigenvalue weighted by Gasteiger charge is 2.19. The summed E-state index contributed by atoms with van der Waals surface area (Å²) >= 11 is 0. The maximum atomic E-state index is 11.3. The number of ether oxygens (including phenoxy) is 1. The quantitative estimate of drug-likeness (QED) is 0.595. The molecule has 0 aliphatic heterocycles. The van der Waals surface area contributed by atoms with Crippen molar-refractivity contribution in [3.63, 3.8) is 0 Å². The fourth-order valence-corrected chi connectivity index (χ4v) is 2.03. The van der Waals surface area contributed by atoms with Crippen molar-refractivity contribution in [1.82, 2.24) is 5.32 Å². The Balaban J connectivity index is 1.67. The molecule has 2 rings (SSSR count). The van der Waals surface area contributed by atoms with Crippen LogP contribution in [0.15, 0.2) is 24.3 Å². The van der Waals surface area contributed by atoms with Crippen LogP contribution in [0.25, 0.3) is 0 Å². The van der Waals surface area contributed by atoms with Crippen molar-refractivity contribution in [2.75, 3.05) is 13.7 Å². The zero-order chi connectivity index (χ0) is 12.8. The number of carbonyl (C=O) groups is 1. The van der Waals surface area contributed by atoms with Gasteiger partial charge < -0.3 is 10.1 Å². The maximum Gasteiger partial charge on any atom is 0.337 e. The molecule has 98 valence electrons. The third kappa shape index (κ3) is 4.15. The molecule has 1 fully saturated rings. The van der Waals surface area contributed by atoms with E-state index in [1.807, 2.05) is 24.3 Å². The van der Waals surface area contributed by atoms with E-state index < -0.39 is 0 Å². The van der Waals surface area contributed by atoms with Crippen LogP contribution in [0.4, 0.5) is 0 Å². The molecule has 1 aromatic carbocycles. The molecule has 1 saturated carbocycles. The molecule has 1 N–H and O–H groups in total. The van der Waals surface area contributed by atoms with Gasteiger partial charge in [-0.15, -0.1) is 0 Å². The molecule has 0 saturated heterocycles. The second-order valence-corrected chi connectivity index (χ2v) is 4.95. The molecule has 0 heterocycles. The molecule has 1 aliphatic carbocycles. The molecule has 0 atom stereocenters. The van der Waals surface area contributed by atoms with Crippen molar-refractivity contribution < 1.29 is 9.53 Å². The minimum Gasteiger partial charge on any atom is -0.465 e. The van der Waals surface area contributed by atoms with Gasteiger partial charge in [0.2, 0.25) is 0 Å². The first-order valence-corrected chi connectivity index (χ1v) is 6.67. The molecular weight excluding hydrogens is 226 g/mol. The number of nitrogens with one attached hydrogen (secondary N) is 1. The minimum absolute atomic E-state index is 0.279. The maximum absolute atomic E-state index is 11.3. The molecule has 0 radical (unpaired) electrons. The lowest BCUT2D eigenvalue weighted by atomic mass is 10.1. The van der Waals surface area contributed by atoms with E-state index in [4.69, 9.17) is 0 Å². The van der Waals surface area contributed by atoms with Crippen molar-refractivity contribution >= 4 is 5.97 Å². The highest BCUT2D eigenvalue weighted by Crippen LogP contribution is 2.33. The van der Waals surface area contributed by atoms with Crippen LogP contribution >= 0.6 is 0 Å². The second kappa shape index (κ2) is 6.55. The largest absolute Gasteiger partial charge is 0.465 e. The number of benzene rings is 1. The van der Waals surface area contributed by atoms with Gasteiger partial charge in [0.25, 0.3) is 0 Å². The standard InChI is InChI=1S/C15H21NO2/c1-18-15(17)14-8-6-13(7-9-14)11-16-10-2-3-12-4-5-12/h6-9,12,16H,2-5,10-11H2,1H3. The molecule has 3 nitrogen and oxygen atoms in total. The Kier molecular flexibility index (Phi) is 4.76. The van der Waals surface area contributed by atoms with E-state index >= 15 is 0 Å². The number of rotatable bonds is 7. The van der Waals surface area contributed by atoms with Crippen molar-refractivity contribution in [1.29, 1.82) is 0 Å². The number of methoxy groups -OCH3 is 1. The van der Waals surface area contributed by atoms with Gasteiger partial charge in [-0.05, 0) is 43.0 Å². The Labute approximate surface area is 109 Å². The Morgan fingerprint density at radius 1 is 1.33 bits per heavy atom. The Bertz CT molecular complexity index is 382. The third-order valence-electron chi connectivity index (χ3n) is 3.37. The number of hydrogen-bond donors (Lipinski definition) is 1. The fourth-order valence-electron chi connectivity index (χ4n) is 2.03. The highest BCUT2D eigenvalue weighted by atomic mass is 16.5. The van der Waals surface area contributed by atoms with Crippen molar-refractivity contribution in [2.24, 2.45) is 5.92 Å². The summed E-state index contributed by atoms with van der Waals surface area (Å²) in [5, 5.41) is 3.43. The van der Waals surface area contributed by atoms with Gasteiger partial charge in [0, 0.05) is 6.54 Å². The predicted octanol–water partition coefficient (Wildman–Crippen LogP) is 2.75. The molecule has 0 spiro atoms. The molecule has 3 heteroatoms. The summed E-state index contributed by atoms with van der Waals surface area (Å²) in [4.78, 5) is 11.3. The molecule has 0 aromatic heterocycles. The number of esters is 1. The monoisotopic (exact) mass is 247 g/mol. The summed E-state index contributed by atoms with van der Waals surface area (Å²) in [6.07, 6.45) is 5.52. The normalized spacial score (nSPS) is 14.5. The molecule has 1 aromatic rings. The van der Waals surface area contributed by atoms with Gasteiger partial charge in [-0.3, -0.25) is 0 Å². The van der Waals surface area contributed by atoms with Gasteiger partial charge in [-0.1, -0.05) is 25.0 Å². The van der Waals surface area contributed by atoms with Crippen LogP contribution in [0.1, 0.15) is 41.6 Å². The summed E-state index contributed by atoms with van der Waals surface area (Å²) in [5.41, 5.74) is 1.81. The molecule has 18 heavy (non-hydrogen) atoms. The van der Waals surface area contributed by atoms with Gasteiger partial charge >= 0.3 is 5.97 Å². The second-order valence-electron chi connectivity index (χ2n) is 4.95. The van der Waals surface area contributed by atoms with Crippen molar-refractivity contribution in [3.05, 3.63) is 35.4 Å². The van der Waals surface area contributed by atoms with Gasteiger partial charge in [0.1, 0.15) is 0 Å². The molecule has 0 amide bonds. The van der Waals surface area contributed by atoms with Gasteiger partial charge in [0.15, 0.2) is 0 Å². The van der Waals surface area contributed by atoms with Crippen LogP contribution in [-0.2, 0) is 11.3 Å². The first-order chi connectivity index (χ1) is 8.79. The first-order valence-electron chi connectivity index (χ1n) is 6.67. The average molecular weight is 247 g/mol. The van der Waals surface area contributed by atoms with Crippen LogP contribution in [0.5, 0.6) is 0 Å². The lowest BCUT2D eigenvalue weighted by molar-refractivity contribution is 0.0600. The average Bonchev–Trinajstić information content (AvgIpc) is 3.22. The van der Waals surface area contributed by atoms with Crippen LogP contribution in [0.2, 0.25) is 0 Å². The molecular formula is C15H21NO2. The van der Waals surface area contributed by atoms with E-state index in [9.17, 15) is 4.79 Å².